The minimum absolute atomic E-state index is 0.345. The molecule has 1 saturated carbocycles. The van der Waals surface area contributed by atoms with Gasteiger partial charge < -0.3 is 10.8 Å². The van der Waals surface area contributed by atoms with E-state index in [2.05, 4.69) is 0 Å². The van der Waals surface area contributed by atoms with Crippen LogP contribution >= 0.6 is 0 Å². The van der Waals surface area contributed by atoms with Crippen molar-refractivity contribution in [1.29, 1.82) is 0 Å². The van der Waals surface area contributed by atoms with Crippen LogP contribution in [-0.4, -0.2) is 11.3 Å². The lowest BCUT2D eigenvalue weighted by Crippen LogP contribution is -2.29. The van der Waals surface area contributed by atoms with E-state index in [-0.39, 0.29) is 0 Å². The average molecular weight is 241 g/mol. The first-order chi connectivity index (χ1) is 8.30. The predicted octanol–water partition coefficient (Wildman–Crippen LogP) is 3.96. The minimum atomic E-state index is -0.595. The summed E-state index contributed by atoms with van der Waals surface area (Å²) < 4.78 is 0. The molecule has 0 aromatic carbocycles. The number of nitrogens with two attached hydrogens (primary N) is 1. The highest BCUT2D eigenvalue weighted by Gasteiger charge is 2.14. The van der Waals surface area contributed by atoms with E-state index in [0.717, 1.165) is 12.8 Å². The number of hydrogen-bond donors (Lipinski definition) is 2. The van der Waals surface area contributed by atoms with Gasteiger partial charge in [-0.1, -0.05) is 70.6 Å². The fraction of sp³-hybridized carbons (Fsp3) is 1.00. The molecule has 0 saturated heterocycles. The van der Waals surface area contributed by atoms with Crippen molar-refractivity contribution in [3.63, 3.8) is 0 Å². The highest BCUT2D eigenvalue weighted by atomic mass is 16.3. The Morgan fingerprint density at radius 2 is 0.941 bits per heavy atom. The maximum Gasteiger partial charge on any atom is 0.105 e. The Labute approximate surface area is 107 Å². The maximum absolute atomic E-state index is 9.56. The molecule has 1 aliphatic rings. The van der Waals surface area contributed by atoms with Crippen molar-refractivity contribution in [2.45, 2.75) is 89.7 Å². The summed E-state index contributed by atoms with van der Waals surface area (Å²) in [6, 6.07) is 0. The lowest BCUT2D eigenvalue weighted by molar-refractivity contribution is 0.0996. The largest absolute Gasteiger partial charge is 0.379 e. The molecule has 1 unspecified atom stereocenters. The summed E-state index contributed by atoms with van der Waals surface area (Å²) in [6.45, 7) is 0. The molecule has 17 heavy (non-hydrogen) atoms. The molecule has 0 aromatic rings. The van der Waals surface area contributed by atoms with E-state index >= 15 is 0 Å². The highest BCUT2D eigenvalue weighted by Crippen LogP contribution is 2.21. The van der Waals surface area contributed by atoms with Gasteiger partial charge in [0, 0.05) is 0 Å². The van der Waals surface area contributed by atoms with Crippen molar-refractivity contribution in [2.75, 3.05) is 0 Å². The third-order valence-electron chi connectivity index (χ3n) is 4.13. The van der Waals surface area contributed by atoms with Gasteiger partial charge in [0.25, 0.3) is 0 Å². The van der Waals surface area contributed by atoms with E-state index in [4.69, 9.17) is 5.73 Å². The topological polar surface area (TPSA) is 46.2 Å². The normalized spacial score (nSPS) is 25.1. The van der Waals surface area contributed by atoms with Crippen LogP contribution in [-0.2, 0) is 0 Å². The third-order valence-corrected chi connectivity index (χ3v) is 4.13. The van der Waals surface area contributed by atoms with E-state index in [0.29, 0.717) is 5.92 Å². The molecule has 0 aliphatic heterocycles. The summed E-state index contributed by atoms with van der Waals surface area (Å²) in [6.07, 6.45) is 16.6. The highest BCUT2D eigenvalue weighted by molar-refractivity contribution is 4.65. The number of aliphatic hydroxyl groups excluding tert-OH is 1. The van der Waals surface area contributed by atoms with Gasteiger partial charge in [0.15, 0.2) is 0 Å². The summed E-state index contributed by atoms with van der Waals surface area (Å²) in [4.78, 5) is 0. The van der Waals surface area contributed by atoms with Gasteiger partial charge in [-0.15, -0.1) is 0 Å². The van der Waals surface area contributed by atoms with E-state index in [1.807, 2.05) is 0 Å². The molecule has 1 fully saturated rings. The molecule has 2 nitrogen and oxygen atoms in total. The van der Waals surface area contributed by atoms with E-state index in [1.54, 1.807) is 0 Å². The smallest absolute Gasteiger partial charge is 0.105 e. The molecule has 0 radical (unpaired) electrons. The molecule has 1 aliphatic carbocycles. The van der Waals surface area contributed by atoms with Crippen LogP contribution in [0.15, 0.2) is 0 Å². The summed E-state index contributed by atoms with van der Waals surface area (Å²) in [5.74, 6) is 0.345. The van der Waals surface area contributed by atoms with Gasteiger partial charge in [-0.25, -0.2) is 0 Å². The Hall–Kier alpha value is -0.0800. The van der Waals surface area contributed by atoms with Crippen LogP contribution in [0.25, 0.3) is 0 Å². The molecule has 1 atom stereocenters. The van der Waals surface area contributed by atoms with Crippen LogP contribution < -0.4 is 5.73 Å². The van der Waals surface area contributed by atoms with Crippen LogP contribution in [0.2, 0.25) is 0 Å². The molecule has 0 amide bonds. The van der Waals surface area contributed by atoms with Gasteiger partial charge in [0.05, 0.1) is 0 Å². The van der Waals surface area contributed by atoms with Gasteiger partial charge in [0.1, 0.15) is 6.23 Å². The van der Waals surface area contributed by atoms with E-state index in [9.17, 15) is 5.11 Å². The molecule has 0 bridgehead atoms. The fourth-order valence-corrected chi connectivity index (χ4v) is 2.89. The summed E-state index contributed by atoms with van der Waals surface area (Å²) in [5.41, 5.74) is 5.66. The number of hydrogen-bond acceptors (Lipinski definition) is 2. The maximum atomic E-state index is 9.56. The summed E-state index contributed by atoms with van der Waals surface area (Å²) in [5, 5.41) is 9.56. The first-order valence-corrected chi connectivity index (χ1v) is 7.74. The summed E-state index contributed by atoms with van der Waals surface area (Å²) in [7, 11) is 0. The molecule has 1 rings (SSSR count). The van der Waals surface area contributed by atoms with Crippen LogP contribution in [0.1, 0.15) is 83.5 Å². The van der Waals surface area contributed by atoms with Crippen molar-refractivity contribution in [2.24, 2.45) is 11.7 Å². The molecule has 0 aromatic heterocycles. The van der Waals surface area contributed by atoms with Crippen LogP contribution in [0.4, 0.5) is 0 Å². The Bertz CT molecular complexity index is 156. The van der Waals surface area contributed by atoms with E-state index in [1.165, 1.54) is 70.6 Å². The Morgan fingerprint density at radius 3 is 1.24 bits per heavy atom. The van der Waals surface area contributed by atoms with Crippen molar-refractivity contribution in [3.8, 4) is 0 Å². The first kappa shape index (κ1) is 15.0. The zero-order chi connectivity index (χ0) is 12.3. The number of aliphatic hydroxyl groups is 1. The van der Waals surface area contributed by atoms with E-state index < -0.39 is 6.23 Å². The second kappa shape index (κ2) is 9.90. The van der Waals surface area contributed by atoms with Crippen molar-refractivity contribution in [1.82, 2.24) is 0 Å². The lowest BCUT2D eigenvalue weighted by Gasteiger charge is -2.19. The first-order valence-electron chi connectivity index (χ1n) is 7.74. The monoisotopic (exact) mass is 241 g/mol. The molecule has 2 heteroatoms. The Morgan fingerprint density at radius 1 is 0.647 bits per heavy atom. The molecule has 0 spiro atoms. The SMILES string of the molecule is NC(O)C1CCCCCCCCCCCCC1. The zero-order valence-electron chi connectivity index (χ0n) is 11.4. The zero-order valence-corrected chi connectivity index (χ0v) is 11.4. The van der Waals surface area contributed by atoms with Gasteiger partial charge in [-0.05, 0) is 18.8 Å². The van der Waals surface area contributed by atoms with Gasteiger partial charge in [0.2, 0.25) is 0 Å². The van der Waals surface area contributed by atoms with Crippen molar-refractivity contribution in [3.05, 3.63) is 0 Å². The van der Waals surface area contributed by atoms with Gasteiger partial charge in [-0.2, -0.15) is 0 Å². The molecular weight excluding hydrogens is 210 g/mol. The predicted molar refractivity (Wildman–Crippen MR) is 73.7 cm³/mol. The van der Waals surface area contributed by atoms with Gasteiger partial charge in [-0.3, -0.25) is 0 Å². The molecule has 3 N–H and O–H groups in total. The summed E-state index contributed by atoms with van der Waals surface area (Å²) >= 11 is 0. The second-order valence-corrected chi connectivity index (χ2v) is 5.72. The molecule has 102 valence electrons. The number of rotatable bonds is 1. The fourth-order valence-electron chi connectivity index (χ4n) is 2.89. The van der Waals surface area contributed by atoms with Crippen LogP contribution in [0.5, 0.6) is 0 Å². The van der Waals surface area contributed by atoms with Gasteiger partial charge >= 0.3 is 0 Å². The molecular formula is C15H31NO. The Kier molecular flexibility index (Phi) is 8.72. The minimum Gasteiger partial charge on any atom is -0.379 e. The average Bonchev–Trinajstić information content (AvgIpc) is 2.31. The van der Waals surface area contributed by atoms with Crippen molar-refractivity contribution < 1.29 is 5.11 Å². The lowest BCUT2D eigenvalue weighted by atomic mass is 9.92. The third kappa shape index (κ3) is 7.77. The molecule has 0 heterocycles. The standard InChI is InChI=1S/C15H31NO/c16-15(17)14-12-10-8-6-4-2-1-3-5-7-9-11-13-14/h14-15,17H,1-13,16H2. The van der Waals surface area contributed by atoms with Crippen molar-refractivity contribution >= 4 is 0 Å². The van der Waals surface area contributed by atoms with Crippen LogP contribution in [0.3, 0.4) is 0 Å². The Balaban J connectivity index is 2.24. The van der Waals surface area contributed by atoms with Crippen LogP contribution in [0, 0.1) is 5.92 Å². The quantitative estimate of drug-likeness (QED) is 0.682. The second-order valence-electron chi connectivity index (χ2n) is 5.72.